The van der Waals surface area contributed by atoms with Gasteiger partial charge in [-0.2, -0.15) is 11.8 Å². The third kappa shape index (κ3) is 4.28. The average Bonchev–Trinajstić information content (AvgIpc) is 3.24. The van der Waals surface area contributed by atoms with Gasteiger partial charge in [0.05, 0.1) is 5.92 Å². The van der Waals surface area contributed by atoms with E-state index in [4.69, 9.17) is 0 Å². The number of anilines is 1. The van der Waals surface area contributed by atoms with Gasteiger partial charge in [-0.1, -0.05) is 30.3 Å². The lowest BCUT2D eigenvalue weighted by Crippen LogP contribution is -2.47. The Morgan fingerprint density at radius 3 is 2.77 bits per heavy atom. The standard InChI is InChI=1S/C25H29N3OS/c29-25(20-7-4-12-28(17-20)22-10-13-30-14-11-22)26-21-8-3-6-18(15-21)24-16-19-5-1-2-9-23(19)27-24/h1-3,5-6,8-9,15-16,20,22,27H,4,7,10-14,17H2,(H,26,29). The van der Waals surface area contributed by atoms with E-state index in [-0.39, 0.29) is 11.8 Å². The summed E-state index contributed by atoms with van der Waals surface area (Å²) >= 11 is 2.06. The van der Waals surface area contributed by atoms with Crippen molar-refractivity contribution in [1.29, 1.82) is 0 Å². The quantitative estimate of drug-likeness (QED) is 0.597. The van der Waals surface area contributed by atoms with Gasteiger partial charge in [0, 0.05) is 40.4 Å². The van der Waals surface area contributed by atoms with Crippen molar-refractivity contribution in [3.63, 3.8) is 0 Å². The van der Waals surface area contributed by atoms with E-state index in [2.05, 4.69) is 63.4 Å². The molecular weight excluding hydrogens is 390 g/mol. The third-order valence-corrected chi connectivity index (χ3v) is 7.55. The Bertz CT molecular complexity index is 991. The maximum atomic E-state index is 13.0. The summed E-state index contributed by atoms with van der Waals surface area (Å²) in [5.41, 5.74) is 4.17. The van der Waals surface area contributed by atoms with Gasteiger partial charge in [0.25, 0.3) is 0 Å². The Hall–Kier alpha value is -2.24. The average molecular weight is 420 g/mol. The van der Waals surface area contributed by atoms with Crippen LogP contribution in [0.4, 0.5) is 5.69 Å². The summed E-state index contributed by atoms with van der Waals surface area (Å²) in [6, 6.07) is 19.3. The topological polar surface area (TPSA) is 48.1 Å². The number of H-pyrrole nitrogens is 1. The number of hydrogen-bond acceptors (Lipinski definition) is 3. The van der Waals surface area contributed by atoms with E-state index in [0.717, 1.165) is 48.4 Å². The second kappa shape index (κ2) is 8.86. The fourth-order valence-corrected chi connectivity index (χ4v) is 5.92. The Labute approximate surface area is 182 Å². The molecule has 1 unspecified atom stereocenters. The first-order valence-corrected chi connectivity index (χ1v) is 12.2. The van der Waals surface area contributed by atoms with Crippen LogP contribution in [0, 0.1) is 5.92 Å². The monoisotopic (exact) mass is 419 g/mol. The molecule has 4 nitrogen and oxygen atoms in total. The van der Waals surface area contributed by atoms with Crippen molar-refractivity contribution in [3.05, 3.63) is 54.6 Å². The SMILES string of the molecule is O=C(Nc1cccc(-c2cc3ccccc3[nH]2)c1)C1CCCN(C2CCSCC2)C1. The van der Waals surface area contributed by atoms with Crippen LogP contribution < -0.4 is 5.32 Å². The van der Waals surface area contributed by atoms with Gasteiger partial charge in [-0.15, -0.1) is 0 Å². The van der Waals surface area contributed by atoms with Crippen LogP contribution in [0.15, 0.2) is 54.6 Å². The second-order valence-corrected chi connectivity index (χ2v) is 9.74. The van der Waals surface area contributed by atoms with Crippen LogP contribution in [-0.4, -0.2) is 46.4 Å². The van der Waals surface area contributed by atoms with Gasteiger partial charge < -0.3 is 10.3 Å². The number of carbonyl (C=O) groups is 1. The molecule has 5 heteroatoms. The highest BCUT2D eigenvalue weighted by Gasteiger charge is 2.30. The van der Waals surface area contributed by atoms with Gasteiger partial charge in [0.1, 0.15) is 0 Å². The number of amides is 1. The first-order chi connectivity index (χ1) is 14.8. The molecule has 2 saturated heterocycles. The molecular formula is C25H29N3OS. The van der Waals surface area contributed by atoms with Crippen molar-refractivity contribution in [2.75, 3.05) is 29.9 Å². The predicted molar refractivity (Wildman–Crippen MR) is 127 cm³/mol. The molecule has 2 aromatic carbocycles. The highest BCUT2D eigenvalue weighted by molar-refractivity contribution is 7.99. The summed E-state index contributed by atoms with van der Waals surface area (Å²) < 4.78 is 0. The van der Waals surface area contributed by atoms with E-state index < -0.39 is 0 Å². The number of fused-ring (bicyclic) bond motifs is 1. The highest BCUT2D eigenvalue weighted by atomic mass is 32.2. The number of benzene rings is 2. The number of rotatable bonds is 4. The predicted octanol–water partition coefficient (Wildman–Crippen LogP) is 5.38. The molecule has 2 aliphatic heterocycles. The lowest BCUT2D eigenvalue weighted by atomic mass is 9.94. The summed E-state index contributed by atoms with van der Waals surface area (Å²) in [7, 11) is 0. The number of thioether (sulfide) groups is 1. The van der Waals surface area contributed by atoms with Crippen molar-refractivity contribution >= 4 is 34.3 Å². The van der Waals surface area contributed by atoms with Crippen molar-refractivity contribution in [2.24, 2.45) is 5.92 Å². The van der Waals surface area contributed by atoms with Crippen molar-refractivity contribution in [1.82, 2.24) is 9.88 Å². The maximum Gasteiger partial charge on any atom is 0.228 e. The first kappa shape index (κ1) is 19.7. The molecule has 1 aromatic heterocycles. The van der Waals surface area contributed by atoms with Gasteiger partial charge in [-0.05, 0) is 68.0 Å². The molecule has 0 saturated carbocycles. The molecule has 0 aliphatic carbocycles. The zero-order valence-corrected chi connectivity index (χ0v) is 18.1. The molecule has 2 fully saturated rings. The minimum atomic E-state index is 0.0880. The van der Waals surface area contributed by atoms with Gasteiger partial charge in [-0.3, -0.25) is 9.69 Å². The number of aromatic nitrogens is 1. The molecule has 0 bridgehead atoms. The molecule has 2 aliphatic rings. The van der Waals surface area contributed by atoms with E-state index in [0.29, 0.717) is 6.04 Å². The zero-order valence-electron chi connectivity index (χ0n) is 17.3. The Morgan fingerprint density at radius 1 is 1.03 bits per heavy atom. The lowest BCUT2D eigenvalue weighted by molar-refractivity contribution is -0.121. The summed E-state index contributed by atoms with van der Waals surface area (Å²) in [5, 5.41) is 4.39. The normalized spacial score (nSPS) is 21.0. The van der Waals surface area contributed by atoms with E-state index in [1.54, 1.807) is 0 Å². The van der Waals surface area contributed by atoms with E-state index in [9.17, 15) is 4.79 Å². The molecule has 0 radical (unpaired) electrons. The maximum absolute atomic E-state index is 13.0. The van der Waals surface area contributed by atoms with E-state index in [1.807, 2.05) is 18.2 Å². The number of hydrogen-bond donors (Lipinski definition) is 2. The van der Waals surface area contributed by atoms with Crippen molar-refractivity contribution < 1.29 is 4.79 Å². The first-order valence-electron chi connectivity index (χ1n) is 11.1. The summed E-state index contributed by atoms with van der Waals surface area (Å²) in [6.45, 7) is 2.05. The molecule has 30 heavy (non-hydrogen) atoms. The van der Waals surface area contributed by atoms with Crippen LogP contribution in [-0.2, 0) is 4.79 Å². The Kier molecular flexibility index (Phi) is 5.82. The molecule has 5 rings (SSSR count). The summed E-state index contributed by atoms with van der Waals surface area (Å²) in [6.07, 6.45) is 4.65. The Morgan fingerprint density at radius 2 is 1.90 bits per heavy atom. The fraction of sp³-hybridized carbons (Fsp3) is 0.400. The second-order valence-electron chi connectivity index (χ2n) is 8.52. The number of likely N-dealkylation sites (tertiary alicyclic amines) is 1. The third-order valence-electron chi connectivity index (χ3n) is 6.50. The zero-order chi connectivity index (χ0) is 20.3. The van der Waals surface area contributed by atoms with Crippen LogP contribution in [0.1, 0.15) is 25.7 Å². The van der Waals surface area contributed by atoms with Gasteiger partial charge in [0.2, 0.25) is 5.91 Å². The van der Waals surface area contributed by atoms with Gasteiger partial charge in [-0.25, -0.2) is 0 Å². The molecule has 3 heterocycles. The van der Waals surface area contributed by atoms with Crippen molar-refractivity contribution in [2.45, 2.75) is 31.7 Å². The fourth-order valence-electron chi connectivity index (χ4n) is 4.84. The van der Waals surface area contributed by atoms with Crippen molar-refractivity contribution in [3.8, 4) is 11.3 Å². The van der Waals surface area contributed by atoms with Gasteiger partial charge >= 0.3 is 0 Å². The largest absolute Gasteiger partial charge is 0.355 e. The van der Waals surface area contributed by atoms with Crippen LogP contribution in [0.3, 0.4) is 0 Å². The number of nitrogens with one attached hydrogen (secondary N) is 2. The molecule has 0 spiro atoms. The number of aromatic amines is 1. The van der Waals surface area contributed by atoms with Crippen LogP contribution in [0.25, 0.3) is 22.2 Å². The highest BCUT2D eigenvalue weighted by Crippen LogP contribution is 2.29. The van der Waals surface area contributed by atoms with E-state index >= 15 is 0 Å². The van der Waals surface area contributed by atoms with Crippen LogP contribution in [0.5, 0.6) is 0 Å². The summed E-state index contributed by atoms with van der Waals surface area (Å²) in [5.74, 6) is 2.78. The molecule has 156 valence electrons. The molecule has 1 atom stereocenters. The minimum Gasteiger partial charge on any atom is -0.355 e. The van der Waals surface area contributed by atoms with Gasteiger partial charge in [0.15, 0.2) is 0 Å². The van der Waals surface area contributed by atoms with Crippen LogP contribution in [0.2, 0.25) is 0 Å². The molecule has 3 aromatic rings. The van der Waals surface area contributed by atoms with Crippen LogP contribution >= 0.6 is 11.8 Å². The number of para-hydroxylation sites is 1. The number of carbonyl (C=O) groups excluding carboxylic acids is 1. The molecule has 2 N–H and O–H groups in total. The lowest BCUT2D eigenvalue weighted by Gasteiger charge is -2.39. The van der Waals surface area contributed by atoms with E-state index in [1.165, 1.54) is 29.7 Å². The Balaban J connectivity index is 1.27. The summed E-state index contributed by atoms with van der Waals surface area (Å²) in [4.78, 5) is 19.1. The minimum absolute atomic E-state index is 0.0880. The molecule has 1 amide bonds. The number of piperidine rings is 1. The number of nitrogens with zero attached hydrogens (tertiary/aromatic N) is 1. The smallest absolute Gasteiger partial charge is 0.228 e.